The molecule has 1 aromatic carbocycles. The molecule has 26 heavy (non-hydrogen) atoms. The van der Waals surface area contributed by atoms with Crippen LogP contribution in [0.3, 0.4) is 0 Å². The van der Waals surface area contributed by atoms with E-state index in [1.807, 2.05) is 31.2 Å². The molecule has 2 aromatic heterocycles. The molecular weight excluding hydrogens is 330 g/mol. The van der Waals surface area contributed by atoms with Gasteiger partial charge in [0, 0.05) is 19.2 Å². The number of benzene rings is 1. The number of rotatable bonds is 6. The van der Waals surface area contributed by atoms with E-state index in [0.717, 1.165) is 11.1 Å². The zero-order valence-corrected chi connectivity index (χ0v) is 14.6. The van der Waals surface area contributed by atoms with Crippen LogP contribution < -0.4 is 5.32 Å². The topological polar surface area (TPSA) is 77.1 Å². The quantitative estimate of drug-likeness (QED) is 0.544. The van der Waals surface area contributed by atoms with Gasteiger partial charge in [0.25, 0.3) is 0 Å². The highest BCUT2D eigenvalue weighted by molar-refractivity contribution is 6.01. The van der Waals surface area contributed by atoms with Gasteiger partial charge in [-0.1, -0.05) is 24.3 Å². The minimum absolute atomic E-state index is 0.120. The third-order valence-electron chi connectivity index (χ3n) is 3.83. The lowest BCUT2D eigenvalue weighted by atomic mass is 10.1. The molecule has 132 valence electrons. The molecule has 3 rings (SSSR count). The van der Waals surface area contributed by atoms with Crippen LogP contribution in [0.15, 0.2) is 59.3 Å². The lowest BCUT2D eigenvalue weighted by Gasteiger charge is -2.00. The maximum atomic E-state index is 12.1. The highest BCUT2D eigenvalue weighted by Gasteiger charge is 2.08. The highest BCUT2D eigenvalue weighted by atomic mass is 16.3. The van der Waals surface area contributed by atoms with Gasteiger partial charge in [0.1, 0.15) is 5.76 Å². The average molecular weight is 349 g/mol. The second-order valence-electron chi connectivity index (χ2n) is 5.93. The Morgan fingerprint density at radius 2 is 2.04 bits per heavy atom. The number of amides is 1. The lowest BCUT2D eigenvalue weighted by Crippen LogP contribution is -2.07. The number of aromatic nitrogens is 2. The Kier molecular flexibility index (Phi) is 5.12. The van der Waals surface area contributed by atoms with Crippen molar-refractivity contribution in [3.63, 3.8) is 0 Å². The van der Waals surface area contributed by atoms with Crippen LogP contribution in [-0.4, -0.2) is 21.5 Å². The molecule has 0 unspecified atom stereocenters. The van der Waals surface area contributed by atoms with E-state index in [0.29, 0.717) is 23.8 Å². The van der Waals surface area contributed by atoms with E-state index < -0.39 is 0 Å². The summed E-state index contributed by atoms with van der Waals surface area (Å²) in [5.41, 5.74) is 2.69. The summed E-state index contributed by atoms with van der Waals surface area (Å²) >= 11 is 0. The number of anilines is 1. The number of Topliss-reactive ketones (excluding diaryl/α,β-unsaturated/α-hetero) is 1. The van der Waals surface area contributed by atoms with Gasteiger partial charge >= 0.3 is 0 Å². The molecule has 0 aliphatic carbocycles. The molecule has 0 atom stereocenters. The van der Waals surface area contributed by atoms with Gasteiger partial charge in [-0.25, -0.2) is 0 Å². The SMILES string of the molecule is CC(=O)c1ccc(Cn2cc(NC(=O)/C=C/c3ccccc3C)cn2)o1. The predicted molar refractivity (Wildman–Crippen MR) is 98.9 cm³/mol. The molecule has 1 amide bonds. The van der Waals surface area contributed by atoms with Crippen LogP contribution in [0.25, 0.3) is 6.08 Å². The van der Waals surface area contributed by atoms with Crippen LogP contribution in [0.4, 0.5) is 5.69 Å². The molecule has 6 heteroatoms. The van der Waals surface area contributed by atoms with E-state index in [2.05, 4.69) is 10.4 Å². The summed E-state index contributed by atoms with van der Waals surface area (Å²) in [5, 5.41) is 6.95. The van der Waals surface area contributed by atoms with Crippen molar-refractivity contribution in [1.82, 2.24) is 9.78 Å². The number of hydrogen-bond acceptors (Lipinski definition) is 4. The van der Waals surface area contributed by atoms with Crippen LogP contribution in [0.1, 0.15) is 34.4 Å². The van der Waals surface area contributed by atoms with Crippen molar-refractivity contribution in [3.05, 3.63) is 77.5 Å². The smallest absolute Gasteiger partial charge is 0.248 e. The van der Waals surface area contributed by atoms with Gasteiger partial charge in [0.05, 0.1) is 18.4 Å². The van der Waals surface area contributed by atoms with Gasteiger partial charge in [0.2, 0.25) is 5.91 Å². The molecule has 0 saturated carbocycles. The third-order valence-corrected chi connectivity index (χ3v) is 3.83. The molecule has 3 aromatic rings. The number of hydrogen-bond donors (Lipinski definition) is 1. The first-order chi connectivity index (χ1) is 12.5. The number of nitrogens with zero attached hydrogens (tertiary/aromatic N) is 2. The van der Waals surface area contributed by atoms with Crippen LogP contribution >= 0.6 is 0 Å². The monoisotopic (exact) mass is 349 g/mol. The van der Waals surface area contributed by atoms with Gasteiger partial charge in [-0.05, 0) is 36.3 Å². The van der Waals surface area contributed by atoms with Crippen LogP contribution in [0.5, 0.6) is 0 Å². The van der Waals surface area contributed by atoms with Gasteiger partial charge in [-0.15, -0.1) is 0 Å². The molecule has 0 spiro atoms. The molecule has 0 bridgehead atoms. The Morgan fingerprint density at radius 1 is 1.23 bits per heavy atom. The zero-order chi connectivity index (χ0) is 18.5. The van der Waals surface area contributed by atoms with Crippen molar-refractivity contribution in [1.29, 1.82) is 0 Å². The van der Waals surface area contributed by atoms with Gasteiger partial charge in [0.15, 0.2) is 11.5 Å². The fourth-order valence-electron chi connectivity index (χ4n) is 2.45. The molecule has 6 nitrogen and oxygen atoms in total. The number of carbonyl (C=O) groups excluding carboxylic acids is 2. The van der Waals surface area contributed by atoms with Crippen molar-refractivity contribution < 1.29 is 14.0 Å². The van der Waals surface area contributed by atoms with Crippen molar-refractivity contribution >= 4 is 23.5 Å². The zero-order valence-electron chi connectivity index (χ0n) is 14.6. The van der Waals surface area contributed by atoms with Crippen LogP contribution in [0, 0.1) is 6.92 Å². The summed E-state index contributed by atoms with van der Waals surface area (Å²) in [6, 6.07) is 11.2. The molecule has 1 N–H and O–H groups in total. The maximum Gasteiger partial charge on any atom is 0.248 e. The number of carbonyl (C=O) groups is 2. The first-order valence-electron chi connectivity index (χ1n) is 8.18. The predicted octanol–water partition coefficient (Wildman–Crippen LogP) is 3.69. The summed E-state index contributed by atoms with van der Waals surface area (Å²) in [5.74, 6) is 0.590. The highest BCUT2D eigenvalue weighted by Crippen LogP contribution is 2.13. The van der Waals surface area contributed by atoms with Crippen molar-refractivity contribution in [2.24, 2.45) is 0 Å². The fraction of sp³-hybridized carbons (Fsp3) is 0.150. The van der Waals surface area contributed by atoms with Crippen molar-refractivity contribution in [2.75, 3.05) is 5.32 Å². The average Bonchev–Trinajstić information content (AvgIpc) is 3.24. The fourth-order valence-corrected chi connectivity index (χ4v) is 2.45. The summed E-state index contributed by atoms with van der Waals surface area (Å²) in [7, 11) is 0. The van der Waals surface area contributed by atoms with Crippen molar-refractivity contribution in [2.45, 2.75) is 20.4 Å². The molecule has 0 radical (unpaired) electrons. The number of aryl methyl sites for hydroxylation is 1. The van der Waals surface area contributed by atoms with E-state index in [1.54, 1.807) is 35.3 Å². The van der Waals surface area contributed by atoms with E-state index in [1.165, 1.54) is 13.0 Å². The number of nitrogens with one attached hydrogen (secondary N) is 1. The number of ketones is 1. The van der Waals surface area contributed by atoms with Crippen molar-refractivity contribution in [3.8, 4) is 0 Å². The molecule has 0 saturated heterocycles. The normalized spacial score (nSPS) is 11.0. The van der Waals surface area contributed by atoms with Crippen LogP contribution in [0.2, 0.25) is 0 Å². The second kappa shape index (κ2) is 7.65. The Morgan fingerprint density at radius 3 is 2.77 bits per heavy atom. The Labute approximate surface area is 151 Å². The summed E-state index contributed by atoms with van der Waals surface area (Å²) < 4.78 is 7.06. The Balaban J connectivity index is 1.60. The van der Waals surface area contributed by atoms with E-state index >= 15 is 0 Å². The minimum atomic E-state index is -0.232. The summed E-state index contributed by atoms with van der Waals surface area (Å²) in [4.78, 5) is 23.3. The Bertz CT molecular complexity index is 966. The van der Waals surface area contributed by atoms with Crippen LogP contribution in [-0.2, 0) is 11.3 Å². The third kappa shape index (κ3) is 4.36. The molecule has 2 heterocycles. The van der Waals surface area contributed by atoms with Gasteiger partial charge < -0.3 is 9.73 Å². The minimum Gasteiger partial charge on any atom is -0.456 e. The van der Waals surface area contributed by atoms with Gasteiger partial charge in [-0.3, -0.25) is 14.3 Å². The molecular formula is C20H19N3O3. The largest absolute Gasteiger partial charge is 0.456 e. The maximum absolute atomic E-state index is 12.1. The van der Waals surface area contributed by atoms with Gasteiger partial charge in [-0.2, -0.15) is 5.10 Å². The molecule has 0 aliphatic heterocycles. The molecule has 0 aliphatic rings. The number of furan rings is 1. The first-order valence-corrected chi connectivity index (χ1v) is 8.18. The summed E-state index contributed by atoms with van der Waals surface area (Å²) in [6.45, 7) is 3.82. The summed E-state index contributed by atoms with van der Waals surface area (Å²) in [6.07, 6.45) is 6.54. The standard InChI is InChI=1S/C20H19N3O3/c1-14-5-3-4-6-16(14)7-10-20(25)22-17-11-21-23(12-17)13-18-8-9-19(26-18)15(2)24/h3-12H,13H2,1-2H3,(H,22,25)/b10-7+. The second-order valence-corrected chi connectivity index (χ2v) is 5.93. The lowest BCUT2D eigenvalue weighted by molar-refractivity contribution is -0.111. The Hall–Kier alpha value is -3.41. The van der Waals surface area contributed by atoms with E-state index in [-0.39, 0.29) is 11.7 Å². The van der Waals surface area contributed by atoms with E-state index in [9.17, 15) is 9.59 Å². The first kappa shape index (κ1) is 17.4. The molecule has 0 fully saturated rings. The van der Waals surface area contributed by atoms with E-state index in [4.69, 9.17) is 4.42 Å².